The first kappa shape index (κ1) is 25.1. The molecule has 2 aliphatic heterocycles. The van der Waals surface area contributed by atoms with Crippen molar-refractivity contribution in [3.05, 3.63) is 29.3 Å². The molecule has 3 rings (SSSR count). The number of amides is 1. The first-order chi connectivity index (χ1) is 15.8. The molecule has 0 atom stereocenters. The van der Waals surface area contributed by atoms with E-state index in [1.54, 1.807) is 0 Å². The van der Waals surface area contributed by atoms with Crippen LogP contribution in [0.3, 0.4) is 0 Å². The van der Waals surface area contributed by atoms with Crippen LogP contribution in [0.2, 0.25) is 0 Å². The molecule has 0 aliphatic carbocycles. The lowest BCUT2D eigenvalue weighted by Crippen LogP contribution is -2.51. The Labute approximate surface area is 194 Å². The standard InChI is InChI=1S/C22H31N3O7S/c1-31-21(27)17-13-18(22(28)32-2)15-19(14-17)33(29,30)25-11-9-23(10-12-25)16-20(26)24-7-5-3-4-6-8-24/h13-15H,3-12,16H2,1-2H3. The minimum Gasteiger partial charge on any atom is -0.465 e. The van der Waals surface area contributed by atoms with E-state index in [0.717, 1.165) is 38.8 Å². The smallest absolute Gasteiger partial charge is 0.337 e. The molecule has 0 radical (unpaired) electrons. The van der Waals surface area contributed by atoms with Gasteiger partial charge in [-0.05, 0) is 31.0 Å². The molecule has 0 bridgehead atoms. The second-order valence-corrected chi connectivity index (χ2v) is 10.1. The molecule has 2 saturated heterocycles. The van der Waals surface area contributed by atoms with E-state index in [2.05, 4.69) is 9.47 Å². The summed E-state index contributed by atoms with van der Waals surface area (Å²) >= 11 is 0. The minimum atomic E-state index is -3.97. The van der Waals surface area contributed by atoms with Crippen molar-refractivity contribution in [2.24, 2.45) is 0 Å². The van der Waals surface area contributed by atoms with Gasteiger partial charge < -0.3 is 14.4 Å². The highest BCUT2D eigenvalue weighted by Gasteiger charge is 2.31. The van der Waals surface area contributed by atoms with Gasteiger partial charge in [-0.25, -0.2) is 18.0 Å². The van der Waals surface area contributed by atoms with Crippen LogP contribution in [0.5, 0.6) is 0 Å². The van der Waals surface area contributed by atoms with E-state index < -0.39 is 22.0 Å². The second kappa shape index (κ2) is 11.1. The van der Waals surface area contributed by atoms with Crippen LogP contribution in [0, 0.1) is 0 Å². The van der Waals surface area contributed by atoms with Crippen LogP contribution in [0.15, 0.2) is 23.1 Å². The molecule has 0 N–H and O–H groups in total. The number of rotatable bonds is 6. The van der Waals surface area contributed by atoms with E-state index in [0.29, 0.717) is 13.1 Å². The van der Waals surface area contributed by atoms with E-state index in [4.69, 9.17) is 0 Å². The Hall–Kier alpha value is -2.50. The predicted molar refractivity (Wildman–Crippen MR) is 119 cm³/mol. The summed E-state index contributed by atoms with van der Waals surface area (Å²) in [6.07, 6.45) is 4.34. The van der Waals surface area contributed by atoms with E-state index in [9.17, 15) is 22.8 Å². The molecule has 0 aromatic heterocycles. The summed E-state index contributed by atoms with van der Waals surface area (Å²) in [5.74, 6) is -1.43. The topological polar surface area (TPSA) is 114 Å². The number of piperazine rings is 1. The van der Waals surface area contributed by atoms with Crippen LogP contribution < -0.4 is 0 Å². The lowest BCUT2D eigenvalue weighted by atomic mass is 10.1. The highest BCUT2D eigenvalue weighted by molar-refractivity contribution is 7.89. The largest absolute Gasteiger partial charge is 0.465 e. The number of benzene rings is 1. The maximum Gasteiger partial charge on any atom is 0.337 e. The number of carbonyl (C=O) groups is 3. The van der Waals surface area contributed by atoms with Crippen LogP contribution in [0.1, 0.15) is 46.4 Å². The van der Waals surface area contributed by atoms with Crippen molar-refractivity contribution in [3.8, 4) is 0 Å². The van der Waals surface area contributed by atoms with Gasteiger partial charge in [0.15, 0.2) is 0 Å². The Morgan fingerprint density at radius 2 is 1.30 bits per heavy atom. The second-order valence-electron chi connectivity index (χ2n) is 8.20. The lowest BCUT2D eigenvalue weighted by Gasteiger charge is -2.34. The quantitative estimate of drug-likeness (QED) is 0.553. The molecule has 1 aromatic rings. The van der Waals surface area contributed by atoms with Crippen molar-refractivity contribution >= 4 is 27.9 Å². The Kier molecular flexibility index (Phi) is 8.44. The maximum absolute atomic E-state index is 13.3. The first-order valence-corrected chi connectivity index (χ1v) is 12.5. The summed E-state index contributed by atoms with van der Waals surface area (Å²) in [6.45, 7) is 3.08. The number of hydrogen-bond acceptors (Lipinski definition) is 8. The molecule has 1 amide bonds. The summed E-state index contributed by atoms with van der Waals surface area (Å²) in [6, 6.07) is 3.63. The molecule has 11 heteroatoms. The van der Waals surface area contributed by atoms with Gasteiger partial charge in [-0.3, -0.25) is 9.69 Å². The maximum atomic E-state index is 13.3. The number of hydrogen-bond donors (Lipinski definition) is 0. The molecule has 0 spiro atoms. The monoisotopic (exact) mass is 481 g/mol. The zero-order chi connectivity index (χ0) is 24.0. The normalized spacial score (nSPS) is 18.4. The van der Waals surface area contributed by atoms with E-state index >= 15 is 0 Å². The fourth-order valence-corrected chi connectivity index (χ4v) is 5.60. The van der Waals surface area contributed by atoms with E-state index in [1.807, 2.05) is 9.80 Å². The highest BCUT2D eigenvalue weighted by atomic mass is 32.2. The van der Waals surface area contributed by atoms with Gasteiger partial charge in [0.2, 0.25) is 15.9 Å². The van der Waals surface area contributed by atoms with Crippen LogP contribution in [0.4, 0.5) is 0 Å². The lowest BCUT2D eigenvalue weighted by molar-refractivity contribution is -0.132. The minimum absolute atomic E-state index is 0.0549. The average Bonchev–Trinajstić information content (AvgIpc) is 3.13. The number of esters is 2. The Morgan fingerprint density at radius 1 is 0.788 bits per heavy atom. The van der Waals surface area contributed by atoms with Crippen LogP contribution >= 0.6 is 0 Å². The fraction of sp³-hybridized carbons (Fsp3) is 0.591. The van der Waals surface area contributed by atoms with Gasteiger partial charge in [0.05, 0.1) is 36.8 Å². The molecule has 2 aliphatic rings. The molecule has 0 unspecified atom stereocenters. The number of carbonyl (C=O) groups excluding carboxylic acids is 3. The summed E-state index contributed by atoms with van der Waals surface area (Å²) < 4.78 is 37.2. The highest BCUT2D eigenvalue weighted by Crippen LogP contribution is 2.22. The van der Waals surface area contributed by atoms with Crippen molar-refractivity contribution in [2.45, 2.75) is 30.6 Å². The summed E-state index contributed by atoms with van der Waals surface area (Å²) in [4.78, 5) is 40.3. The van der Waals surface area contributed by atoms with Gasteiger partial charge in [0, 0.05) is 39.3 Å². The van der Waals surface area contributed by atoms with E-state index in [-0.39, 0.29) is 41.6 Å². The molecular weight excluding hydrogens is 450 g/mol. The molecule has 2 heterocycles. The third-order valence-electron chi connectivity index (χ3n) is 6.04. The SMILES string of the molecule is COC(=O)c1cc(C(=O)OC)cc(S(=O)(=O)N2CCN(CC(=O)N3CCCCCC3)CC2)c1. The van der Waals surface area contributed by atoms with Crippen LogP contribution in [0.25, 0.3) is 0 Å². The van der Waals surface area contributed by atoms with Crippen molar-refractivity contribution in [2.75, 3.05) is 60.0 Å². The third-order valence-corrected chi connectivity index (χ3v) is 7.91. The summed E-state index contributed by atoms with van der Waals surface area (Å²) in [7, 11) is -1.62. The third kappa shape index (κ3) is 6.10. The molecule has 2 fully saturated rings. The van der Waals surface area contributed by atoms with Gasteiger partial charge in [0.25, 0.3) is 0 Å². The van der Waals surface area contributed by atoms with Crippen molar-refractivity contribution in [3.63, 3.8) is 0 Å². The van der Waals surface area contributed by atoms with Gasteiger partial charge >= 0.3 is 11.9 Å². The van der Waals surface area contributed by atoms with E-state index in [1.165, 1.54) is 36.7 Å². The van der Waals surface area contributed by atoms with Crippen molar-refractivity contribution in [1.29, 1.82) is 0 Å². The van der Waals surface area contributed by atoms with Gasteiger partial charge in [-0.1, -0.05) is 12.8 Å². The fourth-order valence-electron chi connectivity index (χ4n) is 4.11. The van der Waals surface area contributed by atoms with Gasteiger partial charge in [0.1, 0.15) is 0 Å². The zero-order valence-electron chi connectivity index (χ0n) is 19.1. The molecule has 182 valence electrons. The van der Waals surface area contributed by atoms with Crippen LogP contribution in [-0.2, 0) is 24.3 Å². The predicted octanol–water partition coefficient (Wildman–Crippen LogP) is 0.969. The molecule has 1 aromatic carbocycles. The van der Waals surface area contributed by atoms with Gasteiger partial charge in [-0.2, -0.15) is 4.31 Å². The summed E-state index contributed by atoms with van der Waals surface area (Å²) in [5, 5.41) is 0. The molecule has 10 nitrogen and oxygen atoms in total. The van der Waals surface area contributed by atoms with Gasteiger partial charge in [-0.15, -0.1) is 0 Å². The average molecular weight is 482 g/mol. The molecule has 0 saturated carbocycles. The van der Waals surface area contributed by atoms with Crippen molar-refractivity contribution < 1.29 is 32.3 Å². The molecular formula is C22H31N3O7S. The Morgan fingerprint density at radius 3 is 1.79 bits per heavy atom. The number of methoxy groups -OCH3 is 2. The summed E-state index contributed by atoms with van der Waals surface area (Å²) in [5.41, 5.74) is -0.110. The number of likely N-dealkylation sites (tertiary alicyclic amines) is 1. The zero-order valence-corrected chi connectivity index (χ0v) is 19.9. The number of nitrogens with zero attached hydrogens (tertiary/aromatic N) is 3. The van der Waals surface area contributed by atoms with Crippen molar-refractivity contribution in [1.82, 2.24) is 14.1 Å². The number of ether oxygens (including phenoxy) is 2. The van der Waals surface area contributed by atoms with Crippen LogP contribution in [-0.4, -0.2) is 100 Å². The Balaban J connectivity index is 1.69. The molecule has 33 heavy (non-hydrogen) atoms. The number of sulfonamides is 1. The first-order valence-electron chi connectivity index (χ1n) is 11.1. The Bertz CT molecular complexity index is 945.